The molecule has 290 valence electrons. The Balaban J connectivity index is 1.55. The Hall–Kier alpha value is -5.58. The fourth-order valence-electron chi connectivity index (χ4n) is 6.77. The van der Waals surface area contributed by atoms with Crippen LogP contribution < -0.4 is 10.6 Å². The van der Waals surface area contributed by atoms with Gasteiger partial charge in [-0.15, -0.1) is 10.2 Å². The molecule has 3 aromatic carbocycles. The maximum atomic E-state index is 12.5. The fourth-order valence-corrected chi connectivity index (χ4v) is 9.60. The molecule has 0 amide bonds. The van der Waals surface area contributed by atoms with Gasteiger partial charge in [-0.2, -0.15) is 31.9 Å². The molecule has 6 rings (SSSR count). The van der Waals surface area contributed by atoms with Gasteiger partial charge >= 0.3 is 0 Å². The zero-order valence-corrected chi connectivity index (χ0v) is 34.5. The first-order valence-corrected chi connectivity index (χ1v) is 20.8. The van der Waals surface area contributed by atoms with E-state index in [0.717, 1.165) is 10.2 Å². The minimum atomic E-state index is -4.62. The molecule has 0 radical (unpaired) electrons. The number of fused-ring (bicyclic) bond motifs is 1. The maximum absolute atomic E-state index is 12.5. The molecule has 56 heavy (non-hydrogen) atoms. The van der Waals surface area contributed by atoms with Crippen LogP contribution in [0.1, 0.15) is 65.4 Å². The van der Waals surface area contributed by atoms with Crippen LogP contribution in [0, 0.1) is 52.9 Å². The lowest BCUT2D eigenvalue weighted by Crippen LogP contribution is -2.14. The Morgan fingerprint density at radius 2 is 1.36 bits per heavy atom. The van der Waals surface area contributed by atoms with E-state index in [1.807, 2.05) is 45.0 Å². The predicted molar refractivity (Wildman–Crippen MR) is 216 cm³/mol. The molecule has 0 aliphatic rings. The van der Waals surface area contributed by atoms with Crippen molar-refractivity contribution in [1.29, 1.82) is 5.26 Å². The van der Waals surface area contributed by atoms with E-state index < -0.39 is 25.7 Å². The molecular weight excluding hydrogens is 775 g/mol. The number of nitrogens with zero attached hydrogens (tertiary/aromatic N) is 7. The van der Waals surface area contributed by atoms with Crippen LogP contribution in [0.3, 0.4) is 0 Å². The van der Waals surface area contributed by atoms with Crippen molar-refractivity contribution in [3.05, 3.63) is 93.2 Å². The first kappa shape index (κ1) is 40.1. The second-order valence-corrected chi connectivity index (χ2v) is 18.2. The first-order chi connectivity index (χ1) is 26.1. The van der Waals surface area contributed by atoms with Crippen molar-refractivity contribution in [2.24, 2.45) is 10.2 Å². The van der Waals surface area contributed by atoms with Gasteiger partial charge in [-0.1, -0.05) is 56.4 Å². The minimum absolute atomic E-state index is 0.0908. The molecule has 0 aliphatic heterocycles. The largest absolute Gasteiger partial charge is 0.340 e. The van der Waals surface area contributed by atoms with E-state index >= 15 is 0 Å². The monoisotopic (exact) mass is 813 g/mol. The molecule has 0 saturated carbocycles. The zero-order valence-electron chi connectivity index (χ0n) is 32.0. The molecule has 0 atom stereocenters. The van der Waals surface area contributed by atoms with Gasteiger partial charge < -0.3 is 10.6 Å². The summed E-state index contributed by atoms with van der Waals surface area (Å²) in [5.74, 6) is 0.449. The third kappa shape index (κ3) is 7.63. The summed E-state index contributed by atoms with van der Waals surface area (Å²) in [6.07, 6.45) is 0. The molecule has 3 heterocycles. The van der Waals surface area contributed by atoms with Gasteiger partial charge in [0.15, 0.2) is 11.6 Å². The van der Waals surface area contributed by atoms with E-state index in [2.05, 4.69) is 26.9 Å². The van der Waals surface area contributed by atoms with Crippen LogP contribution in [0.5, 0.6) is 0 Å². The van der Waals surface area contributed by atoms with Gasteiger partial charge in [0, 0.05) is 16.8 Å². The van der Waals surface area contributed by atoms with Crippen molar-refractivity contribution in [3.63, 3.8) is 0 Å². The Morgan fingerprint density at radius 1 is 0.786 bits per heavy atom. The second kappa shape index (κ2) is 14.5. The van der Waals surface area contributed by atoms with E-state index in [9.17, 15) is 31.2 Å². The molecule has 15 nitrogen and oxygen atoms in total. The molecule has 0 spiro atoms. The highest BCUT2D eigenvalue weighted by atomic mass is 32.2. The lowest BCUT2D eigenvalue weighted by Gasteiger charge is -2.19. The highest BCUT2D eigenvalue weighted by molar-refractivity contribution is 7.86. The standard InChI is InChI=1S/C38H39N9O6S3/c1-19-16-21(3)32(55(48,49)50)23(5)30(19)41-29-15-14-27(35(42-29)43-31-20(2)17-22(4)33(24(31)6)56(51,52)53)44-45-36-25(18-39)34(38(7,8)9)46-47(36)37-40-26-12-10-11-13-28(26)54-37/h10-17H,1-9H3,(H2,41,42,43)(H,48,49,50)(H,51,52,53). The van der Waals surface area contributed by atoms with Crippen LogP contribution in [0.4, 0.5) is 34.5 Å². The number of azo groups is 1. The average Bonchev–Trinajstić information content (AvgIpc) is 3.68. The van der Waals surface area contributed by atoms with Crippen LogP contribution in [-0.2, 0) is 25.7 Å². The van der Waals surface area contributed by atoms with Crippen LogP contribution in [-0.4, -0.2) is 45.7 Å². The van der Waals surface area contributed by atoms with Gasteiger partial charge in [-0.05, 0) is 99.2 Å². The smallest absolute Gasteiger partial charge is 0.295 e. The summed E-state index contributed by atoms with van der Waals surface area (Å²) in [6, 6.07) is 16.2. The fraction of sp³-hybridized carbons (Fsp3) is 0.263. The number of pyridine rings is 1. The SMILES string of the molecule is Cc1cc(C)c(S(=O)(=O)O)c(C)c1Nc1ccc(N=Nc2c(C#N)c(C(C)(C)C)nn2-c2nc3ccccc3s2)c(Nc2c(C)cc(C)c(S(=O)(=O)O)c2C)n1. The topological polar surface area (TPSA) is 225 Å². The van der Waals surface area contributed by atoms with Gasteiger partial charge in [-0.25, -0.2) is 9.97 Å². The van der Waals surface area contributed by atoms with E-state index in [1.54, 1.807) is 65.8 Å². The Labute approximate surface area is 328 Å². The van der Waals surface area contributed by atoms with Gasteiger partial charge in [0.05, 0.1) is 15.9 Å². The number of nitrogens with one attached hydrogen (secondary N) is 2. The number of aromatic nitrogens is 4. The molecule has 4 N–H and O–H groups in total. The highest BCUT2D eigenvalue weighted by Crippen LogP contribution is 2.40. The Kier molecular flexibility index (Phi) is 10.4. The third-order valence-corrected chi connectivity index (χ3v) is 12.4. The summed E-state index contributed by atoms with van der Waals surface area (Å²) in [5, 5.41) is 31.2. The number of benzene rings is 3. The molecular formula is C38H39N9O6S3. The zero-order chi connectivity index (χ0) is 41.1. The number of nitriles is 1. The van der Waals surface area contributed by atoms with Gasteiger partial charge in [0.1, 0.15) is 32.9 Å². The van der Waals surface area contributed by atoms with Crippen LogP contribution in [0.25, 0.3) is 15.3 Å². The molecule has 0 saturated heterocycles. The minimum Gasteiger partial charge on any atom is -0.340 e. The normalized spacial score (nSPS) is 12.4. The van der Waals surface area contributed by atoms with Gasteiger partial charge in [-0.3, -0.25) is 9.11 Å². The summed E-state index contributed by atoms with van der Waals surface area (Å²) in [6.45, 7) is 15.6. The number of para-hydroxylation sites is 1. The number of anilines is 4. The van der Waals surface area contributed by atoms with Crippen LogP contribution in [0.15, 0.2) is 68.6 Å². The van der Waals surface area contributed by atoms with Crippen molar-refractivity contribution in [2.45, 2.75) is 77.5 Å². The summed E-state index contributed by atoms with van der Waals surface area (Å²) in [4.78, 5) is 9.01. The van der Waals surface area contributed by atoms with E-state index in [4.69, 9.17) is 15.1 Å². The average molecular weight is 814 g/mol. The molecule has 0 unspecified atom stereocenters. The number of hydrogen-bond donors (Lipinski definition) is 4. The molecule has 3 aromatic heterocycles. The molecule has 18 heteroatoms. The Morgan fingerprint density at radius 3 is 1.89 bits per heavy atom. The quantitative estimate of drug-likeness (QED) is 0.0791. The number of aryl methyl sites for hydroxylation is 4. The number of thiazole rings is 1. The van der Waals surface area contributed by atoms with Crippen molar-refractivity contribution in [2.75, 3.05) is 10.6 Å². The van der Waals surface area contributed by atoms with E-state index in [0.29, 0.717) is 44.5 Å². The number of rotatable bonds is 9. The maximum Gasteiger partial charge on any atom is 0.295 e. The van der Waals surface area contributed by atoms with Crippen LogP contribution in [0.2, 0.25) is 0 Å². The van der Waals surface area contributed by atoms with Gasteiger partial charge in [0.2, 0.25) is 5.13 Å². The lowest BCUT2D eigenvalue weighted by atomic mass is 9.90. The highest BCUT2D eigenvalue weighted by Gasteiger charge is 2.29. The lowest BCUT2D eigenvalue weighted by molar-refractivity contribution is 0.479. The predicted octanol–water partition coefficient (Wildman–Crippen LogP) is 9.29. The summed E-state index contributed by atoms with van der Waals surface area (Å²) in [7, 11) is -9.18. The first-order valence-electron chi connectivity index (χ1n) is 17.1. The molecule has 6 aromatic rings. The third-order valence-electron chi connectivity index (χ3n) is 9.09. The summed E-state index contributed by atoms with van der Waals surface area (Å²) < 4.78 is 72.1. The molecule has 0 aliphatic carbocycles. The van der Waals surface area contributed by atoms with Crippen molar-refractivity contribution < 1.29 is 25.9 Å². The van der Waals surface area contributed by atoms with Crippen molar-refractivity contribution in [1.82, 2.24) is 19.7 Å². The Bertz CT molecular complexity index is 2850. The molecule has 0 fully saturated rings. The second-order valence-electron chi connectivity index (χ2n) is 14.4. The number of hydrogen-bond acceptors (Lipinski definition) is 13. The summed E-state index contributed by atoms with van der Waals surface area (Å²) >= 11 is 1.37. The van der Waals surface area contributed by atoms with E-state index in [1.165, 1.54) is 16.0 Å². The van der Waals surface area contributed by atoms with Crippen molar-refractivity contribution in [3.8, 4) is 11.2 Å². The van der Waals surface area contributed by atoms with Crippen LogP contribution >= 0.6 is 11.3 Å². The van der Waals surface area contributed by atoms with Gasteiger partial charge in [0.25, 0.3) is 20.2 Å². The molecule has 0 bridgehead atoms. The summed E-state index contributed by atoms with van der Waals surface area (Å²) in [5.41, 5.74) is 4.29. The van der Waals surface area contributed by atoms with Crippen molar-refractivity contribution >= 4 is 76.3 Å². The van der Waals surface area contributed by atoms with E-state index in [-0.39, 0.29) is 49.6 Å².